The van der Waals surface area contributed by atoms with Crippen LogP contribution in [-0.4, -0.2) is 127 Å². The van der Waals surface area contributed by atoms with Crippen LogP contribution in [0, 0.1) is 0 Å². The maximum atomic E-state index is 11.5. The molecule has 0 aromatic rings. The van der Waals surface area contributed by atoms with Crippen molar-refractivity contribution in [1.82, 2.24) is 0 Å². The Morgan fingerprint density at radius 2 is 0.611 bits per heavy atom. The lowest BCUT2D eigenvalue weighted by molar-refractivity contribution is -0.139. The van der Waals surface area contributed by atoms with Crippen molar-refractivity contribution >= 4 is 93.5 Å². The second kappa shape index (κ2) is 33.9. The van der Waals surface area contributed by atoms with Gasteiger partial charge >= 0.3 is 43.6 Å². The fraction of sp³-hybridized carbons (Fsp3) is 0.776. The number of hydrogen-bond acceptors (Lipinski definition) is 14. The first-order valence-corrected chi connectivity index (χ1v) is 53.2. The molecule has 0 aliphatic carbocycles. The Hall–Kier alpha value is -1.16. The molecule has 0 spiro atoms. The van der Waals surface area contributed by atoms with E-state index >= 15 is 0 Å². The highest BCUT2D eigenvalue weighted by Gasteiger charge is 2.41. The van der Waals surface area contributed by atoms with Crippen molar-refractivity contribution in [2.45, 2.75) is 215 Å². The van der Waals surface area contributed by atoms with Gasteiger partial charge in [0.1, 0.15) is 0 Å². The lowest BCUT2D eigenvalue weighted by Crippen LogP contribution is -2.52. The molecule has 0 heterocycles. The summed E-state index contributed by atoms with van der Waals surface area (Å²) >= 11 is 0. The van der Waals surface area contributed by atoms with Crippen molar-refractivity contribution in [2.24, 2.45) is 0 Å². The normalized spacial score (nSPS) is 12.9. The van der Waals surface area contributed by atoms with Crippen molar-refractivity contribution in [3.63, 3.8) is 0 Å². The third-order valence-corrected chi connectivity index (χ3v) is 43.2. The Bertz CT molecular complexity index is 1690. The van der Waals surface area contributed by atoms with Gasteiger partial charge in [-0.15, -0.1) is 0 Å². The molecule has 0 fully saturated rings. The van der Waals surface area contributed by atoms with Crippen molar-refractivity contribution in [2.75, 3.05) is 33.2 Å². The van der Waals surface area contributed by atoms with Crippen molar-refractivity contribution in [3.8, 4) is 0 Å². The summed E-state index contributed by atoms with van der Waals surface area (Å²) in [5.41, 5.74) is 1.32. The molecule has 0 amide bonds. The van der Waals surface area contributed by atoms with Gasteiger partial charge in [0, 0.05) is 16.7 Å². The molecule has 0 radical (unpaired) electrons. The molecule has 0 saturated carbocycles. The Labute approximate surface area is 450 Å². The lowest BCUT2D eigenvalue weighted by atomic mass is 10.4. The van der Waals surface area contributed by atoms with Gasteiger partial charge in [-0.3, -0.25) is 0 Å². The van der Waals surface area contributed by atoms with Crippen LogP contribution in [0.3, 0.4) is 0 Å². The van der Waals surface area contributed by atoms with Crippen LogP contribution >= 0.6 is 0 Å². The molecular weight excluding hydrogens is 1070 g/mol. The van der Waals surface area contributed by atoms with E-state index in [1.54, 1.807) is 27.7 Å². The van der Waals surface area contributed by atoms with Gasteiger partial charge in [0.2, 0.25) is 0 Å². The molecule has 0 aliphatic heterocycles. The van der Waals surface area contributed by atoms with Crippen LogP contribution in [0.1, 0.15) is 60.3 Å². The number of carbonyl (C=O) groups is 3. The highest BCUT2D eigenvalue weighted by molar-refractivity contribution is 6.89. The van der Waals surface area contributed by atoms with E-state index in [0.29, 0.717) is 48.9 Å². The third-order valence-electron chi connectivity index (χ3n) is 9.98. The van der Waals surface area contributed by atoms with Crippen LogP contribution in [0.15, 0.2) is 48.8 Å². The summed E-state index contributed by atoms with van der Waals surface area (Å²) in [5.74, 6) is -0.290. The standard InChI is InChI=1S/C20H42O6Si3.C15H34O4Si3.C14H32O4Si3/c1-18(2)20(21)23-14-12-16-28(7,8)26-29(9,10)25-27(5,6)15-11-13-22-17-24-19(3)4;1-10-20(4,5)18-22(8,9)19-21(6,7)13-11-12-17-15(16)14(2)3;1-13(2)14(15)16-11-10-12-20(6,7)18-21(8,9)17-19(3,4)5/h1,3,11-17H2,2,4-10H3;2,10-13H2,1,3-9H3;1,10-12H2,2-9H3. The van der Waals surface area contributed by atoms with Gasteiger partial charge in [0.25, 0.3) is 0 Å². The quantitative estimate of drug-likeness (QED) is 0.0112. The van der Waals surface area contributed by atoms with Crippen LogP contribution in [0.2, 0.25) is 155 Å². The minimum absolute atomic E-state index is 0.253. The van der Waals surface area contributed by atoms with Gasteiger partial charge in [-0.2, -0.15) is 0 Å². The molecule has 424 valence electrons. The summed E-state index contributed by atoms with van der Waals surface area (Å²) in [5, 5.41) is 0. The van der Waals surface area contributed by atoms with Gasteiger partial charge in [-0.05, 0) is 208 Å². The molecule has 23 heteroatoms. The Morgan fingerprint density at radius 1 is 0.361 bits per heavy atom. The first kappa shape index (κ1) is 75.1. The van der Waals surface area contributed by atoms with Gasteiger partial charge < -0.3 is 48.4 Å². The Morgan fingerprint density at radius 3 is 0.847 bits per heavy atom. The van der Waals surface area contributed by atoms with Gasteiger partial charge in [-0.25, -0.2) is 14.4 Å². The summed E-state index contributed by atoms with van der Waals surface area (Å²) in [7, 11) is -16.9. The van der Waals surface area contributed by atoms with Crippen molar-refractivity contribution in [1.29, 1.82) is 0 Å². The van der Waals surface area contributed by atoms with Crippen molar-refractivity contribution < 1.29 is 62.8 Å². The summed E-state index contributed by atoms with van der Waals surface area (Å²) in [6.45, 7) is 67.2. The molecule has 0 saturated heterocycles. The number of allylic oxidation sites excluding steroid dienone is 1. The predicted octanol–water partition coefficient (Wildman–Crippen LogP) is 14.5. The minimum atomic E-state index is -2.24. The molecule has 0 unspecified atom stereocenters. The van der Waals surface area contributed by atoms with E-state index in [1.165, 1.54) is 0 Å². The average Bonchev–Trinajstić information content (AvgIpc) is 3.14. The molecule has 0 aromatic carbocycles. The predicted molar refractivity (Wildman–Crippen MR) is 322 cm³/mol. The average molecular weight is 1170 g/mol. The summed E-state index contributed by atoms with van der Waals surface area (Å²) < 4.78 is 64.7. The first-order valence-electron chi connectivity index (χ1n) is 25.7. The minimum Gasteiger partial charge on any atom is -0.473 e. The lowest BCUT2D eigenvalue weighted by Gasteiger charge is -2.38. The molecular formula is C49H108O14Si9. The van der Waals surface area contributed by atoms with E-state index in [-0.39, 0.29) is 24.7 Å². The molecule has 0 rings (SSSR count). The summed E-state index contributed by atoms with van der Waals surface area (Å²) in [6.07, 6.45) is 3.40. The monoisotopic (exact) mass is 1170 g/mol. The van der Waals surface area contributed by atoms with Crippen LogP contribution in [0.5, 0.6) is 0 Å². The molecule has 0 aliphatic rings. The molecule has 0 aromatic heterocycles. The van der Waals surface area contributed by atoms with Gasteiger partial charge in [-0.1, -0.05) is 33.2 Å². The van der Waals surface area contributed by atoms with Gasteiger partial charge in [0.15, 0.2) is 56.7 Å². The molecule has 0 atom stereocenters. The SMILES string of the molecule is C=C(C)C(=O)OCCC[Si](C)(C)O[Si](C)(C)O[Si](C)(C)C.C=C(C)C(=O)OCCC[Si](C)(C)O[Si](C)(C)O[Si](C)(C)CC.C=C(C)OCOCCC[Si](C)(C)O[Si](C)(C)O[Si](C)(C)CCCOC(=O)C(=C)C. The van der Waals surface area contributed by atoms with Crippen LogP contribution < -0.4 is 0 Å². The fourth-order valence-electron chi connectivity index (χ4n) is 7.56. The van der Waals surface area contributed by atoms with E-state index in [2.05, 4.69) is 158 Å². The number of ether oxygens (including phenoxy) is 5. The topological polar surface area (TPSA) is 153 Å². The molecule has 14 nitrogen and oxygen atoms in total. The maximum Gasteiger partial charge on any atom is 0.333 e. The summed E-state index contributed by atoms with van der Waals surface area (Å²) in [6, 6.07) is 4.96. The zero-order chi connectivity index (χ0) is 57.2. The number of rotatable bonds is 35. The maximum absolute atomic E-state index is 11.5. The van der Waals surface area contributed by atoms with Crippen LogP contribution in [-0.2, 0) is 62.8 Å². The van der Waals surface area contributed by atoms with E-state index in [9.17, 15) is 14.4 Å². The smallest absolute Gasteiger partial charge is 0.333 e. The number of hydrogen-bond donors (Lipinski definition) is 0. The second-order valence-electron chi connectivity index (χ2n) is 24.1. The van der Waals surface area contributed by atoms with E-state index in [0.717, 1.165) is 55.9 Å². The number of esters is 3. The Balaban J connectivity index is -0.00000101. The Kier molecular flexibility index (Phi) is 35.3. The van der Waals surface area contributed by atoms with Crippen LogP contribution in [0.25, 0.3) is 0 Å². The molecule has 0 bridgehead atoms. The fourth-order valence-corrected chi connectivity index (χ4v) is 47.9. The van der Waals surface area contributed by atoms with E-state index in [1.807, 2.05) is 0 Å². The van der Waals surface area contributed by atoms with Gasteiger partial charge in [0.05, 0.1) is 32.2 Å². The zero-order valence-corrected chi connectivity index (χ0v) is 59.4. The van der Waals surface area contributed by atoms with E-state index < -0.39 is 75.6 Å². The first-order chi connectivity index (χ1) is 32.2. The second-order valence-corrected chi connectivity index (χ2v) is 61.9. The molecule has 72 heavy (non-hydrogen) atoms. The van der Waals surface area contributed by atoms with E-state index in [4.69, 9.17) is 48.4 Å². The highest BCUT2D eigenvalue weighted by atomic mass is 28.5. The third kappa shape index (κ3) is 45.1. The largest absolute Gasteiger partial charge is 0.473 e. The van der Waals surface area contributed by atoms with Crippen molar-refractivity contribution in [3.05, 3.63) is 48.8 Å². The highest BCUT2D eigenvalue weighted by Crippen LogP contribution is 2.28. The summed E-state index contributed by atoms with van der Waals surface area (Å²) in [4.78, 5) is 34.1. The van der Waals surface area contributed by atoms with Crippen LogP contribution in [0.4, 0.5) is 0 Å². The zero-order valence-electron chi connectivity index (χ0n) is 50.4. The number of carbonyl (C=O) groups excluding carboxylic acids is 3. The molecule has 0 N–H and O–H groups in total.